The fourth-order valence-corrected chi connectivity index (χ4v) is 1.78. The summed E-state index contributed by atoms with van der Waals surface area (Å²) in [5.74, 6) is 0. The maximum absolute atomic E-state index is 10.5. The van der Waals surface area contributed by atoms with Crippen molar-refractivity contribution in [1.29, 1.82) is 0 Å². The van der Waals surface area contributed by atoms with E-state index in [1.165, 1.54) is 0 Å². The molecule has 1 aromatic rings. The molecule has 4 heteroatoms. The first-order valence-electron chi connectivity index (χ1n) is 5.26. The Hall–Kier alpha value is -1.55. The summed E-state index contributed by atoms with van der Waals surface area (Å²) in [6, 6.07) is 8.39. The Labute approximate surface area is 94.9 Å². The monoisotopic (exact) mass is 222 g/mol. The first-order chi connectivity index (χ1) is 7.50. The molecule has 2 N–H and O–H groups in total. The lowest BCUT2D eigenvalue weighted by Crippen LogP contribution is -2.52. The van der Waals surface area contributed by atoms with E-state index in [0.29, 0.717) is 12.0 Å². The highest BCUT2D eigenvalue weighted by Crippen LogP contribution is 2.28. The van der Waals surface area contributed by atoms with E-state index in [9.17, 15) is 15.0 Å². The molecule has 0 aliphatic carbocycles. The largest absolute Gasteiger partial charge is 0.530 e. The minimum absolute atomic E-state index is 0.415. The number of aliphatic hydroxyl groups is 1. The Bertz CT molecular complexity index is 353. The van der Waals surface area contributed by atoms with Crippen LogP contribution in [0.4, 0.5) is 4.79 Å². The number of carboxylic acid groups (broad SMARTS) is 1. The van der Waals surface area contributed by atoms with Gasteiger partial charge < -0.3 is 20.3 Å². The second-order valence-electron chi connectivity index (χ2n) is 3.80. The zero-order valence-electron chi connectivity index (χ0n) is 9.43. The number of carbonyl (C=O) groups is 1. The molecule has 1 amide bonds. The SMILES string of the molecule is CCC(O)(c1ccccc1)C(C)NC(=O)[O-]. The van der Waals surface area contributed by atoms with Crippen LogP contribution in [0.15, 0.2) is 30.3 Å². The van der Waals surface area contributed by atoms with Crippen LogP contribution in [-0.4, -0.2) is 17.2 Å². The van der Waals surface area contributed by atoms with E-state index in [1.807, 2.05) is 18.2 Å². The van der Waals surface area contributed by atoms with Crippen molar-refractivity contribution in [3.05, 3.63) is 35.9 Å². The van der Waals surface area contributed by atoms with Crippen LogP contribution in [0.3, 0.4) is 0 Å². The van der Waals surface area contributed by atoms with Gasteiger partial charge in [-0.3, -0.25) is 0 Å². The van der Waals surface area contributed by atoms with E-state index < -0.39 is 17.7 Å². The number of nitrogens with one attached hydrogen (secondary N) is 1. The zero-order chi connectivity index (χ0) is 12.2. The number of carbonyl (C=O) groups excluding carboxylic acids is 1. The normalized spacial score (nSPS) is 16.2. The van der Waals surface area contributed by atoms with Gasteiger partial charge in [-0.25, -0.2) is 0 Å². The summed E-state index contributed by atoms with van der Waals surface area (Å²) in [4.78, 5) is 10.5. The van der Waals surface area contributed by atoms with Crippen molar-refractivity contribution >= 4 is 6.09 Å². The minimum Gasteiger partial charge on any atom is -0.530 e. The zero-order valence-corrected chi connectivity index (χ0v) is 9.43. The summed E-state index contributed by atoms with van der Waals surface area (Å²) >= 11 is 0. The van der Waals surface area contributed by atoms with Crippen LogP contribution >= 0.6 is 0 Å². The van der Waals surface area contributed by atoms with Gasteiger partial charge in [-0.2, -0.15) is 0 Å². The van der Waals surface area contributed by atoms with Crippen molar-refractivity contribution in [1.82, 2.24) is 5.32 Å². The number of hydrogen-bond donors (Lipinski definition) is 2. The lowest BCUT2D eigenvalue weighted by molar-refractivity contribution is -0.253. The lowest BCUT2D eigenvalue weighted by atomic mass is 9.85. The molecule has 88 valence electrons. The molecule has 0 fully saturated rings. The van der Waals surface area contributed by atoms with E-state index in [1.54, 1.807) is 26.0 Å². The number of amides is 1. The third-order valence-corrected chi connectivity index (χ3v) is 2.86. The molecule has 2 unspecified atom stereocenters. The van der Waals surface area contributed by atoms with Gasteiger partial charge in [-0.15, -0.1) is 0 Å². The van der Waals surface area contributed by atoms with Crippen molar-refractivity contribution in [2.45, 2.75) is 31.9 Å². The van der Waals surface area contributed by atoms with Gasteiger partial charge in [0.2, 0.25) is 0 Å². The van der Waals surface area contributed by atoms with Crippen LogP contribution in [0.5, 0.6) is 0 Å². The molecule has 4 nitrogen and oxygen atoms in total. The summed E-state index contributed by atoms with van der Waals surface area (Å²) in [6.07, 6.45) is -0.964. The first kappa shape index (κ1) is 12.5. The van der Waals surface area contributed by atoms with Crippen molar-refractivity contribution in [3.63, 3.8) is 0 Å². The predicted octanol–water partition coefficient (Wildman–Crippen LogP) is 0.606. The molecule has 2 atom stereocenters. The van der Waals surface area contributed by atoms with Gasteiger partial charge in [0.15, 0.2) is 0 Å². The van der Waals surface area contributed by atoms with E-state index in [-0.39, 0.29) is 0 Å². The quantitative estimate of drug-likeness (QED) is 0.783. The molecule has 0 bridgehead atoms. The van der Waals surface area contributed by atoms with Crippen LogP contribution in [0.1, 0.15) is 25.8 Å². The summed E-state index contributed by atoms with van der Waals surface area (Å²) in [6.45, 7) is 3.42. The average molecular weight is 222 g/mol. The smallest absolute Gasteiger partial charge is 0.134 e. The van der Waals surface area contributed by atoms with Crippen LogP contribution < -0.4 is 10.4 Å². The van der Waals surface area contributed by atoms with Crippen LogP contribution in [-0.2, 0) is 5.60 Å². The van der Waals surface area contributed by atoms with Crippen LogP contribution in [0.25, 0.3) is 0 Å². The molecule has 0 aliphatic heterocycles. The summed E-state index contributed by atoms with van der Waals surface area (Å²) in [7, 11) is 0. The highest BCUT2D eigenvalue weighted by Gasteiger charge is 2.33. The number of hydrogen-bond acceptors (Lipinski definition) is 3. The minimum atomic E-state index is -1.38. The highest BCUT2D eigenvalue weighted by atomic mass is 16.4. The summed E-state index contributed by atoms with van der Waals surface area (Å²) in [5.41, 5.74) is -0.514. The van der Waals surface area contributed by atoms with Gasteiger partial charge in [0.25, 0.3) is 0 Å². The third-order valence-electron chi connectivity index (χ3n) is 2.86. The van der Waals surface area contributed by atoms with E-state index in [0.717, 1.165) is 0 Å². The van der Waals surface area contributed by atoms with Crippen molar-refractivity contribution in [2.75, 3.05) is 0 Å². The molecule has 0 aliphatic rings. The van der Waals surface area contributed by atoms with Crippen LogP contribution in [0, 0.1) is 0 Å². The molecule has 0 radical (unpaired) electrons. The molecule has 0 heterocycles. The molecule has 1 rings (SSSR count). The molecule has 0 saturated carbocycles. The van der Waals surface area contributed by atoms with E-state index in [2.05, 4.69) is 5.32 Å². The lowest BCUT2D eigenvalue weighted by Gasteiger charge is -2.35. The molecule has 16 heavy (non-hydrogen) atoms. The van der Waals surface area contributed by atoms with Crippen molar-refractivity contribution < 1.29 is 15.0 Å². The Morgan fingerprint density at radius 3 is 2.50 bits per heavy atom. The summed E-state index contributed by atoms with van der Waals surface area (Å²) in [5, 5.41) is 23.1. The number of benzene rings is 1. The fraction of sp³-hybridized carbons (Fsp3) is 0.417. The molecule has 0 saturated heterocycles. The van der Waals surface area contributed by atoms with Gasteiger partial charge in [-0.05, 0) is 18.9 Å². The van der Waals surface area contributed by atoms with Crippen LogP contribution in [0.2, 0.25) is 0 Å². The maximum Gasteiger partial charge on any atom is 0.134 e. The highest BCUT2D eigenvalue weighted by molar-refractivity contribution is 5.62. The third kappa shape index (κ3) is 2.52. The Kier molecular flexibility index (Phi) is 3.90. The van der Waals surface area contributed by atoms with Crippen molar-refractivity contribution in [2.24, 2.45) is 0 Å². The van der Waals surface area contributed by atoms with Gasteiger partial charge >= 0.3 is 0 Å². The fourth-order valence-electron chi connectivity index (χ4n) is 1.78. The Morgan fingerprint density at radius 2 is 2.06 bits per heavy atom. The number of rotatable bonds is 4. The first-order valence-corrected chi connectivity index (χ1v) is 5.26. The Balaban J connectivity index is 2.97. The molecular weight excluding hydrogens is 206 g/mol. The molecule has 0 spiro atoms. The van der Waals surface area contributed by atoms with Gasteiger partial charge in [0.1, 0.15) is 11.7 Å². The van der Waals surface area contributed by atoms with E-state index >= 15 is 0 Å². The average Bonchev–Trinajstić information content (AvgIpc) is 2.28. The van der Waals surface area contributed by atoms with Gasteiger partial charge in [0, 0.05) is 0 Å². The standard InChI is InChI=1S/C12H17NO3/c1-3-12(16,9(2)13-11(14)15)10-7-5-4-6-8-10/h4-9,13,16H,3H2,1-2H3,(H,14,15)/p-1. The summed E-state index contributed by atoms with van der Waals surface area (Å²) < 4.78 is 0. The maximum atomic E-state index is 10.5. The van der Waals surface area contributed by atoms with Gasteiger partial charge in [-0.1, -0.05) is 37.3 Å². The molecule has 1 aromatic carbocycles. The molecule has 0 aromatic heterocycles. The Morgan fingerprint density at radius 1 is 1.50 bits per heavy atom. The second-order valence-corrected chi connectivity index (χ2v) is 3.80. The predicted molar refractivity (Wildman–Crippen MR) is 58.6 cm³/mol. The topological polar surface area (TPSA) is 72.4 Å². The second kappa shape index (κ2) is 4.99. The van der Waals surface area contributed by atoms with Crippen molar-refractivity contribution in [3.8, 4) is 0 Å². The molecular formula is C12H16NO3-. The van der Waals surface area contributed by atoms with E-state index in [4.69, 9.17) is 0 Å². The van der Waals surface area contributed by atoms with Gasteiger partial charge in [0.05, 0.1) is 6.04 Å².